The van der Waals surface area contributed by atoms with Gasteiger partial charge in [-0.1, -0.05) is 18.2 Å². The van der Waals surface area contributed by atoms with E-state index in [0.717, 1.165) is 29.0 Å². The van der Waals surface area contributed by atoms with Crippen LogP contribution in [0.1, 0.15) is 18.4 Å². The van der Waals surface area contributed by atoms with E-state index in [4.69, 9.17) is 4.74 Å². The summed E-state index contributed by atoms with van der Waals surface area (Å²) in [7, 11) is 1.58. The molecule has 1 saturated carbocycles. The minimum atomic E-state index is -0.340. The molecule has 0 radical (unpaired) electrons. The average molecular weight is 314 g/mol. The number of benzene rings is 1. The Morgan fingerprint density at radius 2 is 2.05 bits per heavy atom. The van der Waals surface area contributed by atoms with Gasteiger partial charge in [-0.2, -0.15) is 0 Å². The molecule has 1 N–H and O–H groups in total. The van der Waals surface area contributed by atoms with Crippen molar-refractivity contribution in [1.29, 1.82) is 0 Å². The van der Waals surface area contributed by atoms with Crippen LogP contribution in [0.3, 0.4) is 0 Å². The standard InChI is InChI=1S/C17H18N2O2S/c1-12-10-15(21-2)18-11-14(12)19-16(20)17(8-9-17)22-13-6-4-3-5-7-13/h3-7,10-11H,8-9H2,1-2H3,(H,19,20). The van der Waals surface area contributed by atoms with E-state index in [2.05, 4.69) is 10.3 Å². The van der Waals surface area contributed by atoms with Gasteiger partial charge in [0, 0.05) is 11.0 Å². The van der Waals surface area contributed by atoms with Crippen LogP contribution in [0.4, 0.5) is 5.69 Å². The monoisotopic (exact) mass is 314 g/mol. The van der Waals surface area contributed by atoms with Crippen LogP contribution in [0.5, 0.6) is 5.88 Å². The van der Waals surface area contributed by atoms with Crippen molar-refractivity contribution in [2.45, 2.75) is 29.4 Å². The van der Waals surface area contributed by atoms with Crippen molar-refractivity contribution in [3.05, 3.63) is 48.2 Å². The number of aryl methyl sites for hydroxylation is 1. The minimum Gasteiger partial charge on any atom is -0.481 e. The van der Waals surface area contributed by atoms with E-state index in [1.54, 1.807) is 25.1 Å². The first-order valence-electron chi connectivity index (χ1n) is 7.19. The summed E-state index contributed by atoms with van der Waals surface area (Å²) in [6.07, 6.45) is 3.46. The zero-order valence-corrected chi connectivity index (χ0v) is 13.4. The van der Waals surface area contributed by atoms with E-state index in [1.807, 2.05) is 43.3 Å². The highest BCUT2D eigenvalue weighted by Gasteiger charge is 2.51. The van der Waals surface area contributed by atoms with Crippen LogP contribution < -0.4 is 10.1 Å². The number of methoxy groups -OCH3 is 1. The zero-order valence-electron chi connectivity index (χ0n) is 12.6. The van der Waals surface area contributed by atoms with Crippen molar-refractivity contribution >= 4 is 23.4 Å². The fourth-order valence-electron chi connectivity index (χ4n) is 2.21. The highest BCUT2D eigenvalue weighted by atomic mass is 32.2. The number of hydrogen-bond acceptors (Lipinski definition) is 4. The van der Waals surface area contributed by atoms with E-state index in [-0.39, 0.29) is 10.7 Å². The van der Waals surface area contributed by atoms with E-state index in [9.17, 15) is 4.79 Å². The predicted octanol–water partition coefficient (Wildman–Crippen LogP) is 3.66. The number of hydrogen-bond donors (Lipinski definition) is 1. The molecule has 1 aliphatic rings. The Morgan fingerprint density at radius 1 is 1.32 bits per heavy atom. The Bertz CT molecular complexity index is 684. The summed E-state index contributed by atoms with van der Waals surface area (Å²) in [6.45, 7) is 1.93. The van der Waals surface area contributed by atoms with Crippen LogP contribution >= 0.6 is 11.8 Å². The third kappa shape index (κ3) is 3.09. The number of thioether (sulfide) groups is 1. The second kappa shape index (κ2) is 6.01. The van der Waals surface area contributed by atoms with Gasteiger partial charge in [0.25, 0.3) is 0 Å². The van der Waals surface area contributed by atoms with Crippen LogP contribution in [0.2, 0.25) is 0 Å². The number of pyridine rings is 1. The summed E-state index contributed by atoms with van der Waals surface area (Å²) in [5, 5.41) is 3.01. The topological polar surface area (TPSA) is 51.2 Å². The molecule has 4 nitrogen and oxygen atoms in total. The molecule has 0 spiro atoms. The third-order valence-electron chi connectivity index (χ3n) is 3.72. The van der Waals surface area contributed by atoms with Crippen molar-refractivity contribution in [3.8, 4) is 5.88 Å². The van der Waals surface area contributed by atoms with Gasteiger partial charge in [0.2, 0.25) is 11.8 Å². The van der Waals surface area contributed by atoms with Gasteiger partial charge >= 0.3 is 0 Å². The first kappa shape index (κ1) is 14.9. The van der Waals surface area contributed by atoms with E-state index >= 15 is 0 Å². The lowest BCUT2D eigenvalue weighted by molar-refractivity contribution is -0.116. The molecule has 114 valence electrons. The van der Waals surface area contributed by atoms with Crippen LogP contribution in [0.25, 0.3) is 0 Å². The molecule has 1 amide bonds. The smallest absolute Gasteiger partial charge is 0.241 e. The molecule has 2 aromatic rings. The third-order valence-corrected chi connectivity index (χ3v) is 5.21. The van der Waals surface area contributed by atoms with Gasteiger partial charge in [0.1, 0.15) is 0 Å². The quantitative estimate of drug-likeness (QED) is 0.915. The normalized spacial score (nSPS) is 15.2. The molecule has 0 aliphatic heterocycles. The minimum absolute atomic E-state index is 0.0522. The molecular formula is C17H18N2O2S. The SMILES string of the molecule is COc1cc(C)c(NC(=O)C2(Sc3ccccc3)CC2)cn1. The lowest BCUT2D eigenvalue weighted by Crippen LogP contribution is -2.27. The zero-order chi connectivity index (χ0) is 15.6. The molecule has 1 aromatic carbocycles. The average Bonchev–Trinajstić information content (AvgIpc) is 3.31. The molecule has 3 rings (SSSR count). The fraction of sp³-hybridized carbons (Fsp3) is 0.294. The van der Waals surface area contributed by atoms with Gasteiger partial charge in [-0.3, -0.25) is 4.79 Å². The van der Waals surface area contributed by atoms with Crippen molar-refractivity contribution < 1.29 is 9.53 Å². The molecule has 1 heterocycles. The van der Waals surface area contributed by atoms with Gasteiger partial charge in [-0.25, -0.2) is 4.98 Å². The summed E-state index contributed by atoms with van der Waals surface area (Å²) in [4.78, 5) is 17.9. The second-order valence-electron chi connectivity index (χ2n) is 5.41. The Morgan fingerprint density at radius 3 is 2.64 bits per heavy atom. The maximum atomic E-state index is 12.6. The van der Waals surface area contributed by atoms with Crippen molar-refractivity contribution in [3.63, 3.8) is 0 Å². The molecule has 1 aliphatic carbocycles. The molecule has 0 atom stereocenters. The molecule has 5 heteroatoms. The number of aromatic nitrogens is 1. The number of nitrogens with one attached hydrogen (secondary N) is 1. The highest BCUT2D eigenvalue weighted by Crippen LogP contribution is 2.52. The van der Waals surface area contributed by atoms with Crippen molar-refractivity contribution in [2.75, 3.05) is 12.4 Å². The lowest BCUT2D eigenvalue weighted by atomic mass is 10.2. The molecule has 22 heavy (non-hydrogen) atoms. The Kier molecular flexibility index (Phi) is 4.07. The summed E-state index contributed by atoms with van der Waals surface area (Å²) in [5.41, 5.74) is 1.69. The van der Waals surface area contributed by atoms with Crippen LogP contribution in [-0.2, 0) is 4.79 Å². The van der Waals surface area contributed by atoms with E-state index in [1.165, 1.54) is 0 Å². The summed E-state index contributed by atoms with van der Waals surface area (Å²) in [5.74, 6) is 0.603. The number of nitrogens with zero attached hydrogens (tertiary/aromatic N) is 1. The summed E-state index contributed by atoms with van der Waals surface area (Å²) >= 11 is 1.64. The number of carbonyl (C=O) groups is 1. The van der Waals surface area contributed by atoms with Gasteiger partial charge in [-0.15, -0.1) is 11.8 Å². The van der Waals surface area contributed by atoms with Gasteiger partial charge < -0.3 is 10.1 Å². The number of anilines is 1. The van der Waals surface area contributed by atoms with Crippen LogP contribution in [-0.4, -0.2) is 22.7 Å². The highest BCUT2D eigenvalue weighted by molar-refractivity contribution is 8.01. The molecular weight excluding hydrogens is 296 g/mol. The Labute approximate surface area is 134 Å². The maximum absolute atomic E-state index is 12.6. The lowest BCUT2D eigenvalue weighted by Gasteiger charge is -2.16. The fourth-order valence-corrected chi connectivity index (χ4v) is 3.41. The second-order valence-corrected chi connectivity index (χ2v) is 6.86. The Hall–Kier alpha value is -2.01. The number of amides is 1. The van der Waals surface area contributed by atoms with Crippen molar-refractivity contribution in [1.82, 2.24) is 4.98 Å². The first-order valence-corrected chi connectivity index (χ1v) is 8.01. The number of rotatable bonds is 5. The van der Waals surface area contributed by atoms with Gasteiger partial charge in [-0.05, 0) is 37.5 Å². The van der Waals surface area contributed by atoms with Gasteiger partial charge in [0.15, 0.2) is 0 Å². The number of ether oxygens (including phenoxy) is 1. The Balaban J connectivity index is 1.72. The van der Waals surface area contributed by atoms with Crippen LogP contribution in [0.15, 0.2) is 47.5 Å². The first-order chi connectivity index (χ1) is 10.6. The van der Waals surface area contributed by atoms with Gasteiger partial charge in [0.05, 0.1) is 23.7 Å². The van der Waals surface area contributed by atoms with Crippen molar-refractivity contribution in [2.24, 2.45) is 0 Å². The largest absolute Gasteiger partial charge is 0.481 e. The van der Waals surface area contributed by atoms with E-state index in [0.29, 0.717) is 5.88 Å². The number of carbonyl (C=O) groups excluding carboxylic acids is 1. The van der Waals surface area contributed by atoms with Crippen LogP contribution in [0, 0.1) is 6.92 Å². The van der Waals surface area contributed by atoms with E-state index < -0.39 is 0 Å². The molecule has 1 aromatic heterocycles. The summed E-state index contributed by atoms with van der Waals surface area (Å²) in [6, 6.07) is 11.9. The maximum Gasteiger partial charge on any atom is 0.241 e. The molecule has 1 fully saturated rings. The molecule has 0 unspecified atom stereocenters. The predicted molar refractivity (Wildman–Crippen MR) is 88.4 cm³/mol. The molecule has 0 saturated heterocycles. The molecule has 0 bridgehead atoms. The summed E-state index contributed by atoms with van der Waals surface area (Å²) < 4.78 is 4.75.